The Morgan fingerprint density at radius 2 is 1.57 bits per heavy atom. The molecule has 0 amide bonds. The Morgan fingerprint density at radius 1 is 1.36 bits per heavy atom. The number of carbonyl (C=O) groups is 1. The van der Waals surface area contributed by atoms with E-state index in [1.54, 1.807) is 20.3 Å². The summed E-state index contributed by atoms with van der Waals surface area (Å²) >= 11 is 0. The standard InChI is InChI=1S/C5H12O2.C3H6O.C3H6/c1-4-5(6-2)7-3;1-3(2)4;1-3-2/h5H,4H2,1-3H3;1-2H3;3H,1H2,2H3. The number of Topliss-reactive ketones (excluding diaryl/α,β-unsaturated/α-hetero) is 1. The highest BCUT2D eigenvalue weighted by Gasteiger charge is 1.96. The second-order valence-electron chi connectivity index (χ2n) is 2.63. The summed E-state index contributed by atoms with van der Waals surface area (Å²) in [5, 5.41) is 0. The molecule has 0 aromatic rings. The maximum Gasteiger partial charge on any atom is 0.156 e. The van der Waals surface area contributed by atoms with Crippen molar-refractivity contribution < 1.29 is 14.3 Å². The van der Waals surface area contributed by atoms with Crippen molar-refractivity contribution in [3.8, 4) is 0 Å². The van der Waals surface area contributed by atoms with Crippen molar-refractivity contribution in [2.75, 3.05) is 14.2 Å². The molecule has 0 aliphatic heterocycles. The minimum Gasteiger partial charge on any atom is -0.356 e. The summed E-state index contributed by atoms with van der Waals surface area (Å²) in [6, 6.07) is 0. The molecule has 0 aromatic heterocycles. The van der Waals surface area contributed by atoms with Gasteiger partial charge < -0.3 is 14.3 Å². The Balaban J connectivity index is -0.000000147. The summed E-state index contributed by atoms with van der Waals surface area (Å²) < 4.78 is 9.65. The average molecular weight is 204 g/mol. The van der Waals surface area contributed by atoms with E-state index in [4.69, 9.17) is 9.47 Å². The molecule has 86 valence electrons. The van der Waals surface area contributed by atoms with Crippen LogP contribution >= 0.6 is 0 Å². The molecule has 0 heterocycles. The number of hydrogen-bond acceptors (Lipinski definition) is 3. The minimum atomic E-state index is -0.0139. The van der Waals surface area contributed by atoms with Crippen LogP contribution in [-0.2, 0) is 14.3 Å². The van der Waals surface area contributed by atoms with Gasteiger partial charge in [0.15, 0.2) is 6.29 Å². The van der Waals surface area contributed by atoms with Crippen molar-refractivity contribution in [2.45, 2.75) is 40.4 Å². The minimum absolute atomic E-state index is 0.0139. The van der Waals surface area contributed by atoms with Crippen LogP contribution in [0.4, 0.5) is 0 Å². The zero-order valence-corrected chi connectivity index (χ0v) is 10.3. The first kappa shape index (κ1) is 19.0. The van der Waals surface area contributed by atoms with Crippen molar-refractivity contribution in [3.05, 3.63) is 12.7 Å². The fraction of sp³-hybridized carbons (Fsp3) is 0.727. The highest BCUT2D eigenvalue weighted by Crippen LogP contribution is 1.93. The smallest absolute Gasteiger partial charge is 0.156 e. The Labute approximate surface area is 88.1 Å². The molecule has 3 heteroatoms. The number of carbonyl (C=O) groups excluding carboxylic acids is 1. The number of allylic oxidation sites excluding steroid dienone is 1. The van der Waals surface area contributed by atoms with Crippen molar-refractivity contribution in [3.63, 3.8) is 0 Å². The van der Waals surface area contributed by atoms with E-state index in [1.807, 2.05) is 13.8 Å². The van der Waals surface area contributed by atoms with E-state index < -0.39 is 0 Å². The number of methoxy groups -OCH3 is 2. The monoisotopic (exact) mass is 204 g/mol. The molecule has 0 atom stereocenters. The lowest BCUT2D eigenvalue weighted by Gasteiger charge is -2.08. The molecule has 0 aromatic carbocycles. The summed E-state index contributed by atoms with van der Waals surface area (Å²) in [5.41, 5.74) is 0. The van der Waals surface area contributed by atoms with Crippen LogP contribution in [0.15, 0.2) is 12.7 Å². The van der Waals surface area contributed by atoms with Crippen LogP contribution in [-0.4, -0.2) is 26.3 Å². The van der Waals surface area contributed by atoms with Gasteiger partial charge in [0.2, 0.25) is 0 Å². The van der Waals surface area contributed by atoms with Gasteiger partial charge in [-0.3, -0.25) is 0 Å². The summed E-state index contributed by atoms with van der Waals surface area (Å²) in [6.07, 6.45) is 2.65. The molecule has 3 nitrogen and oxygen atoms in total. The van der Waals surface area contributed by atoms with Crippen LogP contribution in [0, 0.1) is 0 Å². The van der Waals surface area contributed by atoms with Crippen LogP contribution < -0.4 is 0 Å². The van der Waals surface area contributed by atoms with Crippen molar-refractivity contribution in [1.82, 2.24) is 0 Å². The van der Waals surface area contributed by atoms with Crippen molar-refractivity contribution in [1.29, 1.82) is 0 Å². The van der Waals surface area contributed by atoms with Gasteiger partial charge in [0.1, 0.15) is 5.78 Å². The van der Waals surface area contributed by atoms with E-state index in [2.05, 4.69) is 6.58 Å². The molecule has 0 saturated heterocycles. The summed E-state index contributed by atoms with van der Waals surface area (Å²) in [5.74, 6) is 0.167. The van der Waals surface area contributed by atoms with Gasteiger partial charge in [0.25, 0.3) is 0 Å². The molecule has 0 aliphatic carbocycles. The number of ether oxygens (including phenoxy) is 2. The maximum absolute atomic E-state index is 9.44. The molecule has 0 radical (unpaired) electrons. The molecule has 0 saturated carbocycles. The second kappa shape index (κ2) is 18.2. The van der Waals surface area contributed by atoms with Crippen LogP contribution in [0.1, 0.15) is 34.1 Å². The lowest BCUT2D eigenvalue weighted by molar-refractivity contribution is -0.115. The molecule has 0 spiro atoms. The zero-order chi connectivity index (χ0) is 12.0. The van der Waals surface area contributed by atoms with Gasteiger partial charge in [-0.15, -0.1) is 6.58 Å². The van der Waals surface area contributed by atoms with Gasteiger partial charge in [-0.2, -0.15) is 0 Å². The van der Waals surface area contributed by atoms with Gasteiger partial charge in [0.05, 0.1) is 0 Å². The Bertz CT molecular complexity index is 108. The van der Waals surface area contributed by atoms with Gasteiger partial charge in [0, 0.05) is 14.2 Å². The van der Waals surface area contributed by atoms with E-state index in [0.29, 0.717) is 0 Å². The molecular formula is C11H24O3. The Morgan fingerprint density at radius 3 is 1.57 bits per heavy atom. The van der Waals surface area contributed by atoms with Crippen LogP contribution in [0.3, 0.4) is 0 Å². The van der Waals surface area contributed by atoms with Crippen LogP contribution in [0.2, 0.25) is 0 Å². The normalized spacial score (nSPS) is 7.93. The third-order valence-corrected chi connectivity index (χ3v) is 0.859. The maximum atomic E-state index is 9.44. The molecule has 0 N–H and O–H groups in total. The molecule has 14 heavy (non-hydrogen) atoms. The van der Waals surface area contributed by atoms with E-state index in [0.717, 1.165) is 6.42 Å². The number of hydrogen-bond donors (Lipinski definition) is 0. The SMILES string of the molecule is C=CC.CC(C)=O.CCC(OC)OC. The first-order valence-corrected chi connectivity index (χ1v) is 4.59. The van der Waals surface area contributed by atoms with E-state index in [1.165, 1.54) is 13.8 Å². The lowest BCUT2D eigenvalue weighted by Crippen LogP contribution is -2.10. The quantitative estimate of drug-likeness (QED) is 0.524. The van der Waals surface area contributed by atoms with E-state index in [9.17, 15) is 4.79 Å². The Kier molecular flexibility index (Phi) is 24.7. The van der Waals surface area contributed by atoms with Crippen molar-refractivity contribution in [2.24, 2.45) is 0 Å². The fourth-order valence-corrected chi connectivity index (χ4v) is 0.430. The predicted octanol–water partition coefficient (Wildman–Crippen LogP) is 2.80. The molecule has 0 fully saturated rings. The average Bonchev–Trinajstić information content (AvgIpc) is 2.08. The summed E-state index contributed by atoms with van der Waals surface area (Å²) in [4.78, 5) is 9.44. The first-order chi connectivity index (χ1) is 6.49. The molecule has 0 bridgehead atoms. The second-order valence-corrected chi connectivity index (χ2v) is 2.63. The lowest BCUT2D eigenvalue weighted by atomic mass is 10.5. The van der Waals surface area contributed by atoms with Gasteiger partial charge >= 0.3 is 0 Å². The van der Waals surface area contributed by atoms with E-state index >= 15 is 0 Å². The third-order valence-electron chi connectivity index (χ3n) is 0.859. The topological polar surface area (TPSA) is 35.5 Å². The largest absolute Gasteiger partial charge is 0.356 e. The predicted molar refractivity (Wildman–Crippen MR) is 60.3 cm³/mol. The highest BCUT2D eigenvalue weighted by atomic mass is 16.7. The molecule has 0 aliphatic rings. The molecule has 0 rings (SSSR count). The van der Waals surface area contributed by atoms with Crippen molar-refractivity contribution >= 4 is 5.78 Å². The number of rotatable bonds is 3. The van der Waals surface area contributed by atoms with Gasteiger partial charge in [-0.05, 0) is 27.2 Å². The van der Waals surface area contributed by atoms with E-state index in [-0.39, 0.29) is 12.1 Å². The number of ketones is 1. The first-order valence-electron chi connectivity index (χ1n) is 4.59. The fourth-order valence-electron chi connectivity index (χ4n) is 0.430. The highest BCUT2D eigenvalue weighted by molar-refractivity contribution is 5.72. The summed E-state index contributed by atoms with van der Waals surface area (Å²) in [6.45, 7) is 10.3. The van der Waals surface area contributed by atoms with Crippen LogP contribution in [0.25, 0.3) is 0 Å². The molecule has 0 unspecified atom stereocenters. The van der Waals surface area contributed by atoms with Crippen LogP contribution in [0.5, 0.6) is 0 Å². The van der Waals surface area contributed by atoms with Gasteiger partial charge in [-0.25, -0.2) is 0 Å². The van der Waals surface area contributed by atoms with Gasteiger partial charge in [-0.1, -0.05) is 13.0 Å². The summed E-state index contributed by atoms with van der Waals surface area (Å²) in [7, 11) is 3.27. The third kappa shape index (κ3) is 42.6. The zero-order valence-electron chi connectivity index (χ0n) is 10.3. The Hall–Kier alpha value is -0.670. The molecular weight excluding hydrogens is 180 g/mol.